The van der Waals surface area contributed by atoms with Crippen molar-refractivity contribution in [3.05, 3.63) is 0 Å². The number of aliphatic hydroxyl groups excluding tert-OH is 1. The normalized spacial score (nSPS) is 14.3. The van der Waals surface area contributed by atoms with Crippen molar-refractivity contribution < 1.29 is 9.90 Å². The summed E-state index contributed by atoms with van der Waals surface area (Å²) in [7, 11) is 1.84. The van der Waals surface area contributed by atoms with E-state index in [0.29, 0.717) is 12.5 Å². The van der Waals surface area contributed by atoms with Gasteiger partial charge in [-0.15, -0.1) is 0 Å². The van der Waals surface area contributed by atoms with Crippen LogP contribution in [0.2, 0.25) is 0 Å². The van der Waals surface area contributed by atoms with Crippen LogP contribution < -0.4 is 5.32 Å². The molecule has 0 aliphatic carbocycles. The van der Waals surface area contributed by atoms with Gasteiger partial charge < -0.3 is 10.4 Å². The van der Waals surface area contributed by atoms with E-state index in [0.717, 1.165) is 0 Å². The van der Waals surface area contributed by atoms with Gasteiger partial charge in [-0.3, -0.25) is 9.69 Å². The molecule has 2 N–H and O–H groups in total. The lowest BCUT2D eigenvalue weighted by atomic mass is 10.0. The first-order valence-electron chi connectivity index (χ1n) is 5.82. The van der Waals surface area contributed by atoms with Crippen molar-refractivity contribution >= 4 is 5.91 Å². The van der Waals surface area contributed by atoms with E-state index in [1.54, 1.807) is 0 Å². The van der Waals surface area contributed by atoms with Crippen LogP contribution in [-0.2, 0) is 4.79 Å². The molecular formula is C12H26N2O2. The van der Waals surface area contributed by atoms with Gasteiger partial charge in [-0.25, -0.2) is 0 Å². The fourth-order valence-corrected chi connectivity index (χ4v) is 1.02. The summed E-state index contributed by atoms with van der Waals surface area (Å²) in [5.74, 6) is 0.435. The van der Waals surface area contributed by atoms with E-state index in [1.807, 2.05) is 32.7 Å². The SMILES string of the molecule is CC(C)C(C)NC(=O)CN(C)C(C)(C)CO. The van der Waals surface area contributed by atoms with Crippen LogP contribution in [0.1, 0.15) is 34.6 Å². The van der Waals surface area contributed by atoms with E-state index in [1.165, 1.54) is 0 Å². The first-order valence-corrected chi connectivity index (χ1v) is 5.82. The quantitative estimate of drug-likeness (QED) is 0.711. The zero-order valence-corrected chi connectivity index (χ0v) is 11.4. The lowest BCUT2D eigenvalue weighted by Gasteiger charge is -2.33. The van der Waals surface area contributed by atoms with Gasteiger partial charge in [0.15, 0.2) is 0 Å². The molecule has 4 nitrogen and oxygen atoms in total. The van der Waals surface area contributed by atoms with Crippen molar-refractivity contribution in [3.8, 4) is 0 Å². The van der Waals surface area contributed by atoms with Gasteiger partial charge in [0.25, 0.3) is 0 Å². The Hall–Kier alpha value is -0.610. The maximum atomic E-state index is 11.7. The second-order valence-electron chi connectivity index (χ2n) is 5.43. The molecule has 0 spiro atoms. The van der Waals surface area contributed by atoms with E-state index in [2.05, 4.69) is 19.2 Å². The second kappa shape index (κ2) is 6.21. The minimum atomic E-state index is -0.363. The average molecular weight is 230 g/mol. The summed E-state index contributed by atoms with van der Waals surface area (Å²) in [6.45, 7) is 10.3. The Kier molecular flexibility index (Phi) is 5.97. The van der Waals surface area contributed by atoms with Gasteiger partial charge in [-0.1, -0.05) is 13.8 Å². The molecule has 0 fully saturated rings. The van der Waals surface area contributed by atoms with Crippen LogP contribution >= 0.6 is 0 Å². The van der Waals surface area contributed by atoms with E-state index < -0.39 is 0 Å². The molecule has 0 aromatic carbocycles. The third-order valence-electron chi connectivity index (χ3n) is 3.19. The highest BCUT2D eigenvalue weighted by molar-refractivity contribution is 5.78. The number of carbonyl (C=O) groups excluding carboxylic acids is 1. The smallest absolute Gasteiger partial charge is 0.234 e. The molecule has 1 amide bonds. The third kappa shape index (κ3) is 4.94. The van der Waals surface area contributed by atoms with Crippen LogP contribution in [0.25, 0.3) is 0 Å². The first kappa shape index (κ1) is 15.4. The number of hydrogen-bond acceptors (Lipinski definition) is 3. The number of rotatable bonds is 6. The van der Waals surface area contributed by atoms with Gasteiger partial charge in [0.05, 0.1) is 13.2 Å². The molecule has 0 bridgehead atoms. The minimum absolute atomic E-state index is 0.00484. The Morgan fingerprint density at radius 2 is 1.88 bits per heavy atom. The average Bonchev–Trinajstić information content (AvgIpc) is 2.17. The van der Waals surface area contributed by atoms with Gasteiger partial charge in [-0.05, 0) is 33.7 Å². The number of aliphatic hydroxyl groups is 1. The molecule has 1 atom stereocenters. The molecule has 16 heavy (non-hydrogen) atoms. The molecule has 0 saturated heterocycles. The van der Waals surface area contributed by atoms with Gasteiger partial charge in [-0.2, -0.15) is 0 Å². The summed E-state index contributed by atoms with van der Waals surface area (Å²) in [4.78, 5) is 13.6. The number of carbonyl (C=O) groups is 1. The molecule has 0 aromatic heterocycles. The predicted octanol–water partition coefficient (Wildman–Crippen LogP) is 0.850. The van der Waals surface area contributed by atoms with Gasteiger partial charge in [0, 0.05) is 11.6 Å². The van der Waals surface area contributed by atoms with E-state index in [4.69, 9.17) is 0 Å². The first-order chi connectivity index (χ1) is 7.20. The summed E-state index contributed by atoms with van der Waals surface area (Å²) in [5, 5.41) is 12.1. The highest BCUT2D eigenvalue weighted by atomic mass is 16.3. The topological polar surface area (TPSA) is 52.6 Å². The highest BCUT2D eigenvalue weighted by Gasteiger charge is 2.24. The summed E-state index contributed by atoms with van der Waals surface area (Å²) >= 11 is 0. The van der Waals surface area contributed by atoms with Crippen LogP contribution in [0.5, 0.6) is 0 Å². The van der Waals surface area contributed by atoms with Crippen molar-refractivity contribution in [2.75, 3.05) is 20.2 Å². The van der Waals surface area contributed by atoms with Crippen LogP contribution in [0.4, 0.5) is 0 Å². The molecule has 0 aromatic rings. The Morgan fingerprint density at radius 3 is 2.25 bits per heavy atom. The molecular weight excluding hydrogens is 204 g/mol. The summed E-state index contributed by atoms with van der Waals surface area (Å²) in [6, 6.07) is 0.179. The van der Waals surface area contributed by atoms with E-state index in [9.17, 15) is 9.90 Å². The second-order valence-corrected chi connectivity index (χ2v) is 5.43. The van der Waals surface area contributed by atoms with Gasteiger partial charge in [0.1, 0.15) is 0 Å². The minimum Gasteiger partial charge on any atom is -0.394 e. The largest absolute Gasteiger partial charge is 0.394 e. The number of likely N-dealkylation sites (N-methyl/N-ethyl adjacent to an activating group) is 1. The highest BCUT2D eigenvalue weighted by Crippen LogP contribution is 2.10. The summed E-state index contributed by atoms with van der Waals surface area (Å²) in [5.41, 5.74) is -0.363. The Morgan fingerprint density at radius 1 is 1.38 bits per heavy atom. The molecule has 96 valence electrons. The fourth-order valence-electron chi connectivity index (χ4n) is 1.02. The lowest BCUT2D eigenvalue weighted by Crippen LogP contribution is -2.50. The van der Waals surface area contributed by atoms with Crippen molar-refractivity contribution in [3.63, 3.8) is 0 Å². The van der Waals surface area contributed by atoms with Crippen LogP contribution in [0.15, 0.2) is 0 Å². The van der Waals surface area contributed by atoms with Gasteiger partial charge in [0.2, 0.25) is 5.91 Å². The number of amides is 1. The van der Waals surface area contributed by atoms with Crippen molar-refractivity contribution in [1.82, 2.24) is 10.2 Å². The maximum Gasteiger partial charge on any atom is 0.234 e. The zero-order valence-electron chi connectivity index (χ0n) is 11.4. The van der Waals surface area contributed by atoms with Crippen molar-refractivity contribution in [2.45, 2.75) is 46.2 Å². The molecule has 0 rings (SSSR count). The van der Waals surface area contributed by atoms with Crippen molar-refractivity contribution in [1.29, 1.82) is 0 Å². The molecule has 0 heterocycles. The van der Waals surface area contributed by atoms with Crippen LogP contribution in [-0.4, -0.2) is 47.7 Å². The van der Waals surface area contributed by atoms with Crippen LogP contribution in [0.3, 0.4) is 0 Å². The fraction of sp³-hybridized carbons (Fsp3) is 0.917. The Bertz CT molecular complexity index is 227. The molecule has 0 aliphatic heterocycles. The Labute approximate surface area is 99.0 Å². The molecule has 0 radical (unpaired) electrons. The monoisotopic (exact) mass is 230 g/mol. The lowest BCUT2D eigenvalue weighted by molar-refractivity contribution is -0.124. The number of hydrogen-bond donors (Lipinski definition) is 2. The maximum absolute atomic E-state index is 11.7. The van der Waals surface area contributed by atoms with Crippen molar-refractivity contribution in [2.24, 2.45) is 5.92 Å². The molecule has 0 saturated carbocycles. The summed E-state index contributed by atoms with van der Waals surface area (Å²) in [6.07, 6.45) is 0. The molecule has 4 heteroatoms. The number of nitrogens with one attached hydrogen (secondary N) is 1. The zero-order chi connectivity index (χ0) is 12.9. The van der Waals surface area contributed by atoms with Gasteiger partial charge >= 0.3 is 0 Å². The summed E-state index contributed by atoms with van der Waals surface area (Å²) < 4.78 is 0. The van der Waals surface area contributed by atoms with E-state index in [-0.39, 0.29) is 24.1 Å². The Balaban J connectivity index is 4.15. The molecule has 1 unspecified atom stereocenters. The predicted molar refractivity (Wildman–Crippen MR) is 66.2 cm³/mol. The van der Waals surface area contributed by atoms with E-state index >= 15 is 0 Å². The third-order valence-corrected chi connectivity index (χ3v) is 3.19. The molecule has 0 aliphatic rings. The van der Waals surface area contributed by atoms with Crippen LogP contribution in [0, 0.1) is 5.92 Å². The standard InChI is InChI=1S/C12H26N2O2/c1-9(2)10(3)13-11(16)7-14(6)12(4,5)8-15/h9-10,15H,7-8H2,1-6H3,(H,13,16). The number of nitrogens with zero attached hydrogens (tertiary/aromatic N) is 1.